The SMILES string of the molecule is CCOc1noc2cc([N+](=O)[O-])ccc2c1=O. The fourth-order valence-electron chi connectivity index (χ4n) is 1.36. The van der Waals surface area contributed by atoms with E-state index in [2.05, 4.69) is 5.16 Å². The van der Waals surface area contributed by atoms with Gasteiger partial charge >= 0.3 is 0 Å². The first kappa shape index (κ1) is 11.1. The third kappa shape index (κ3) is 1.94. The maximum absolute atomic E-state index is 11.8. The second-order valence-corrected chi connectivity index (χ2v) is 3.19. The second kappa shape index (κ2) is 4.20. The first-order valence-electron chi connectivity index (χ1n) is 4.84. The van der Waals surface area contributed by atoms with E-state index in [0.29, 0.717) is 0 Å². The Morgan fingerprint density at radius 3 is 2.94 bits per heavy atom. The number of nitrogens with zero attached hydrogens (tertiary/aromatic N) is 2. The predicted octanol–water partition coefficient (Wildman–Crippen LogP) is 1.49. The van der Waals surface area contributed by atoms with Crippen molar-refractivity contribution in [1.82, 2.24) is 5.16 Å². The Kier molecular flexibility index (Phi) is 2.73. The summed E-state index contributed by atoms with van der Waals surface area (Å²) in [6.45, 7) is 2.00. The molecule has 0 amide bonds. The van der Waals surface area contributed by atoms with Gasteiger partial charge in [-0.3, -0.25) is 14.9 Å². The molecular formula is C10H8N2O5. The second-order valence-electron chi connectivity index (χ2n) is 3.19. The van der Waals surface area contributed by atoms with Crippen molar-refractivity contribution in [2.24, 2.45) is 0 Å². The first-order chi connectivity index (χ1) is 8.13. The molecule has 0 spiro atoms. The molecule has 0 N–H and O–H groups in total. The van der Waals surface area contributed by atoms with Crippen LogP contribution < -0.4 is 10.2 Å². The van der Waals surface area contributed by atoms with Gasteiger partial charge in [0.15, 0.2) is 5.58 Å². The molecule has 1 aromatic heterocycles. The number of hydrogen-bond donors (Lipinski definition) is 0. The molecule has 0 radical (unpaired) electrons. The number of aromatic nitrogens is 1. The van der Waals surface area contributed by atoms with Crippen molar-refractivity contribution < 1.29 is 14.2 Å². The van der Waals surface area contributed by atoms with Gasteiger partial charge in [0, 0.05) is 6.07 Å². The summed E-state index contributed by atoms with van der Waals surface area (Å²) in [5.74, 6) is -0.145. The quantitative estimate of drug-likeness (QED) is 0.591. The molecule has 1 aromatic carbocycles. The van der Waals surface area contributed by atoms with E-state index < -0.39 is 10.4 Å². The summed E-state index contributed by atoms with van der Waals surface area (Å²) in [5, 5.41) is 14.2. The highest BCUT2D eigenvalue weighted by molar-refractivity contribution is 5.79. The van der Waals surface area contributed by atoms with Crippen LogP contribution in [-0.4, -0.2) is 16.7 Å². The van der Waals surface area contributed by atoms with E-state index in [1.165, 1.54) is 12.1 Å². The molecule has 0 aliphatic heterocycles. The summed E-state index contributed by atoms with van der Waals surface area (Å²) >= 11 is 0. The van der Waals surface area contributed by atoms with Gasteiger partial charge in [-0.15, -0.1) is 0 Å². The number of benzene rings is 1. The number of hydrogen-bond acceptors (Lipinski definition) is 6. The van der Waals surface area contributed by atoms with Crippen molar-refractivity contribution in [3.05, 3.63) is 38.5 Å². The Balaban J connectivity index is 2.64. The molecular weight excluding hydrogens is 228 g/mol. The van der Waals surface area contributed by atoms with Crippen LogP contribution >= 0.6 is 0 Å². The highest BCUT2D eigenvalue weighted by atomic mass is 16.6. The molecule has 0 aliphatic carbocycles. The maximum Gasteiger partial charge on any atom is 0.299 e. The lowest BCUT2D eigenvalue weighted by Crippen LogP contribution is -2.10. The van der Waals surface area contributed by atoms with Gasteiger partial charge in [0.2, 0.25) is 0 Å². The molecule has 0 saturated carbocycles. The van der Waals surface area contributed by atoms with E-state index in [1.807, 2.05) is 0 Å². The van der Waals surface area contributed by atoms with Gasteiger partial charge in [0.05, 0.1) is 23.0 Å². The van der Waals surface area contributed by atoms with Gasteiger partial charge in [0.1, 0.15) is 0 Å². The lowest BCUT2D eigenvalue weighted by atomic mass is 10.2. The molecule has 0 saturated heterocycles. The van der Waals surface area contributed by atoms with Gasteiger partial charge < -0.3 is 9.26 Å². The van der Waals surface area contributed by atoms with Crippen molar-refractivity contribution >= 4 is 16.7 Å². The molecule has 2 rings (SSSR count). The van der Waals surface area contributed by atoms with Gasteiger partial charge in [-0.05, 0) is 18.1 Å². The van der Waals surface area contributed by atoms with E-state index in [9.17, 15) is 14.9 Å². The van der Waals surface area contributed by atoms with Crippen LogP contribution in [0.3, 0.4) is 0 Å². The number of non-ortho nitro benzene ring substituents is 1. The van der Waals surface area contributed by atoms with E-state index >= 15 is 0 Å². The lowest BCUT2D eigenvalue weighted by molar-refractivity contribution is -0.384. The van der Waals surface area contributed by atoms with Crippen LogP contribution in [0.2, 0.25) is 0 Å². The molecule has 7 heteroatoms. The number of ether oxygens (including phenoxy) is 1. The minimum Gasteiger partial charge on any atom is -0.473 e. The molecule has 0 atom stereocenters. The van der Waals surface area contributed by atoms with Crippen LogP contribution in [-0.2, 0) is 0 Å². The van der Waals surface area contributed by atoms with E-state index in [4.69, 9.17) is 9.26 Å². The standard InChI is InChI=1S/C10H8N2O5/c1-2-16-10-9(13)7-4-3-6(12(14)15)5-8(7)17-11-10/h3-5H,2H2,1H3. The topological polar surface area (TPSA) is 95.5 Å². The third-order valence-corrected chi connectivity index (χ3v) is 2.12. The zero-order valence-electron chi connectivity index (χ0n) is 8.87. The van der Waals surface area contributed by atoms with Gasteiger partial charge in [-0.1, -0.05) is 0 Å². The zero-order valence-corrected chi connectivity index (χ0v) is 8.87. The number of rotatable bonds is 3. The van der Waals surface area contributed by atoms with Gasteiger partial charge in [-0.25, -0.2) is 0 Å². The van der Waals surface area contributed by atoms with Crippen molar-refractivity contribution in [2.75, 3.05) is 6.61 Å². The largest absolute Gasteiger partial charge is 0.473 e. The molecule has 1 heterocycles. The molecule has 88 valence electrons. The first-order valence-corrected chi connectivity index (χ1v) is 4.84. The summed E-state index contributed by atoms with van der Waals surface area (Å²) in [5.41, 5.74) is -0.540. The minimum absolute atomic E-state index is 0.0626. The van der Waals surface area contributed by atoms with Crippen LogP contribution in [0.5, 0.6) is 5.88 Å². The van der Waals surface area contributed by atoms with Crippen molar-refractivity contribution in [2.45, 2.75) is 6.92 Å². The summed E-state index contributed by atoms with van der Waals surface area (Å²) in [6.07, 6.45) is 0. The summed E-state index contributed by atoms with van der Waals surface area (Å²) in [7, 11) is 0. The maximum atomic E-state index is 11.8. The highest BCUT2D eigenvalue weighted by Crippen LogP contribution is 2.19. The fourth-order valence-corrected chi connectivity index (χ4v) is 1.36. The number of fused-ring (bicyclic) bond motifs is 1. The molecule has 0 aliphatic rings. The van der Waals surface area contributed by atoms with Crippen molar-refractivity contribution in [1.29, 1.82) is 0 Å². The van der Waals surface area contributed by atoms with Gasteiger partial charge in [-0.2, -0.15) is 0 Å². The average molecular weight is 236 g/mol. The predicted molar refractivity (Wildman–Crippen MR) is 58.1 cm³/mol. The smallest absolute Gasteiger partial charge is 0.299 e. The van der Waals surface area contributed by atoms with Crippen LogP contribution in [0, 0.1) is 10.1 Å². The van der Waals surface area contributed by atoms with E-state index in [0.717, 1.165) is 6.07 Å². The van der Waals surface area contributed by atoms with Gasteiger partial charge in [0.25, 0.3) is 17.0 Å². The normalized spacial score (nSPS) is 10.4. The Morgan fingerprint density at radius 1 is 1.53 bits per heavy atom. The zero-order chi connectivity index (χ0) is 12.4. The fraction of sp³-hybridized carbons (Fsp3) is 0.200. The van der Waals surface area contributed by atoms with Crippen molar-refractivity contribution in [3.8, 4) is 5.88 Å². The monoisotopic (exact) mass is 236 g/mol. The van der Waals surface area contributed by atoms with Crippen LogP contribution in [0.4, 0.5) is 5.69 Å². The lowest BCUT2D eigenvalue weighted by Gasteiger charge is -2.00. The Hall–Kier alpha value is -2.44. The van der Waals surface area contributed by atoms with E-state index in [1.54, 1.807) is 6.92 Å². The van der Waals surface area contributed by atoms with E-state index in [-0.39, 0.29) is 29.1 Å². The number of nitro benzene ring substituents is 1. The van der Waals surface area contributed by atoms with Crippen LogP contribution in [0.25, 0.3) is 11.0 Å². The summed E-state index contributed by atoms with van der Waals surface area (Å²) in [6, 6.07) is 3.71. The molecule has 0 bridgehead atoms. The Morgan fingerprint density at radius 2 is 2.29 bits per heavy atom. The third-order valence-electron chi connectivity index (χ3n) is 2.12. The van der Waals surface area contributed by atoms with Crippen LogP contribution in [0.15, 0.2) is 27.5 Å². The molecule has 7 nitrogen and oxygen atoms in total. The molecule has 0 unspecified atom stereocenters. The minimum atomic E-state index is -0.574. The Bertz CT molecular complexity index is 634. The summed E-state index contributed by atoms with van der Waals surface area (Å²) < 4.78 is 9.86. The number of nitro groups is 1. The molecule has 2 aromatic rings. The molecule has 17 heavy (non-hydrogen) atoms. The summed E-state index contributed by atoms with van der Waals surface area (Å²) in [4.78, 5) is 21.7. The Labute approximate surface area is 94.7 Å². The van der Waals surface area contributed by atoms with Crippen LogP contribution in [0.1, 0.15) is 6.92 Å². The highest BCUT2D eigenvalue weighted by Gasteiger charge is 2.13. The molecule has 0 fully saturated rings. The average Bonchev–Trinajstić information content (AvgIpc) is 2.32. The van der Waals surface area contributed by atoms with Crippen molar-refractivity contribution in [3.63, 3.8) is 0 Å².